The molecular formula is C24H42. The Labute approximate surface area is 152 Å². The summed E-state index contributed by atoms with van der Waals surface area (Å²) in [6.45, 7) is 4.61. The maximum absolute atomic E-state index is 2.56. The molecule has 0 nitrogen and oxygen atoms in total. The molecule has 0 N–H and O–H groups in total. The molecule has 0 unspecified atom stereocenters. The molecule has 0 radical (unpaired) electrons. The minimum Gasteiger partial charge on any atom is -0.0883 e. The van der Waals surface area contributed by atoms with Crippen molar-refractivity contribution in [3.05, 3.63) is 24.3 Å². The van der Waals surface area contributed by atoms with Crippen LogP contribution in [0.5, 0.6) is 0 Å². The van der Waals surface area contributed by atoms with Crippen LogP contribution in [0.3, 0.4) is 0 Å². The molecule has 0 aromatic rings. The second-order valence-corrected chi connectivity index (χ2v) is 8.57. The second kappa shape index (κ2) is 11.9. The molecule has 0 heteroatoms. The molecule has 0 heterocycles. The first-order chi connectivity index (χ1) is 11.8. The number of rotatable bonds is 9. The smallest absolute Gasteiger partial charge is 0.0233 e. The Balaban J connectivity index is 1.54. The first-order valence-corrected chi connectivity index (χ1v) is 11.1. The van der Waals surface area contributed by atoms with Gasteiger partial charge in [0.1, 0.15) is 0 Å². The summed E-state index contributed by atoms with van der Waals surface area (Å²) in [5, 5.41) is 0. The van der Waals surface area contributed by atoms with Crippen LogP contribution in [0.4, 0.5) is 0 Å². The number of hydrogen-bond acceptors (Lipinski definition) is 0. The van der Waals surface area contributed by atoms with Crippen molar-refractivity contribution in [1.82, 2.24) is 0 Å². The number of allylic oxidation sites excluding steroid dienone is 4. The molecule has 24 heavy (non-hydrogen) atoms. The van der Waals surface area contributed by atoms with E-state index in [0.29, 0.717) is 0 Å². The van der Waals surface area contributed by atoms with Gasteiger partial charge >= 0.3 is 0 Å². The predicted octanol–water partition coefficient (Wildman–Crippen LogP) is 8.09. The van der Waals surface area contributed by atoms with Crippen LogP contribution in [0.1, 0.15) is 104 Å². The predicted molar refractivity (Wildman–Crippen MR) is 108 cm³/mol. The van der Waals surface area contributed by atoms with E-state index in [1.54, 1.807) is 0 Å². The van der Waals surface area contributed by atoms with Crippen molar-refractivity contribution in [3.63, 3.8) is 0 Å². The molecule has 2 aliphatic rings. The van der Waals surface area contributed by atoms with E-state index in [-0.39, 0.29) is 0 Å². The standard InChI is InChI=1S/C24H42/c1-3-5-6-10-22-17-19-24(20-18-22)12-8-7-11-23-15-13-21(9-4-2)14-16-23/h6,8,10,12,21-24H,3-5,7,9,11,13-20H2,1-2H3. The van der Waals surface area contributed by atoms with E-state index < -0.39 is 0 Å². The van der Waals surface area contributed by atoms with Crippen LogP contribution in [0.15, 0.2) is 24.3 Å². The summed E-state index contributed by atoms with van der Waals surface area (Å²) in [4.78, 5) is 0. The Morgan fingerprint density at radius 1 is 0.583 bits per heavy atom. The monoisotopic (exact) mass is 330 g/mol. The van der Waals surface area contributed by atoms with Gasteiger partial charge in [-0.25, -0.2) is 0 Å². The van der Waals surface area contributed by atoms with Gasteiger partial charge in [0.2, 0.25) is 0 Å². The van der Waals surface area contributed by atoms with E-state index in [0.717, 1.165) is 23.7 Å². The van der Waals surface area contributed by atoms with Crippen LogP contribution < -0.4 is 0 Å². The Bertz CT molecular complexity index is 348. The molecule has 0 amide bonds. The topological polar surface area (TPSA) is 0 Å². The van der Waals surface area contributed by atoms with E-state index in [9.17, 15) is 0 Å². The lowest BCUT2D eigenvalue weighted by atomic mass is 9.78. The maximum atomic E-state index is 2.56. The van der Waals surface area contributed by atoms with E-state index in [1.165, 1.54) is 89.9 Å². The zero-order valence-electron chi connectivity index (χ0n) is 16.5. The van der Waals surface area contributed by atoms with Gasteiger partial charge in [0.15, 0.2) is 0 Å². The van der Waals surface area contributed by atoms with Crippen molar-refractivity contribution in [2.45, 2.75) is 104 Å². The fourth-order valence-corrected chi connectivity index (χ4v) is 4.82. The van der Waals surface area contributed by atoms with Crippen molar-refractivity contribution in [2.75, 3.05) is 0 Å². The molecule has 2 fully saturated rings. The fourth-order valence-electron chi connectivity index (χ4n) is 4.82. The van der Waals surface area contributed by atoms with Crippen molar-refractivity contribution in [1.29, 1.82) is 0 Å². The van der Waals surface area contributed by atoms with Gasteiger partial charge in [-0.05, 0) is 68.6 Å². The highest BCUT2D eigenvalue weighted by Gasteiger charge is 2.20. The molecule has 0 spiro atoms. The molecule has 138 valence electrons. The summed E-state index contributed by atoms with van der Waals surface area (Å²) in [6, 6.07) is 0. The summed E-state index contributed by atoms with van der Waals surface area (Å²) < 4.78 is 0. The largest absolute Gasteiger partial charge is 0.0883 e. The highest BCUT2D eigenvalue weighted by Crippen LogP contribution is 2.34. The highest BCUT2D eigenvalue weighted by atomic mass is 14.3. The third-order valence-electron chi connectivity index (χ3n) is 6.49. The van der Waals surface area contributed by atoms with Crippen LogP contribution >= 0.6 is 0 Å². The quantitative estimate of drug-likeness (QED) is 0.375. The first kappa shape index (κ1) is 19.8. The van der Waals surface area contributed by atoms with Crippen molar-refractivity contribution >= 4 is 0 Å². The van der Waals surface area contributed by atoms with E-state index in [1.807, 2.05) is 0 Å². The lowest BCUT2D eigenvalue weighted by Gasteiger charge is -2.28. The summed E-state index contributed by atoms with van der Waals surface area (Å²) in [6.07, 6.45) is 29.9. The summed E-state index contributed by atoms with van der Waals surface area (Å²) in [5.74, 6) is 3.84. The van der Waals surface area contributed by atoms with Crippen LogP contribution in [0.2, 0.25) is 0 Å². The Kier molecular flexibility index (Phi) is 9.85. The van der Waals surface area contributed by atoms with Crippen molar-refractivity contribution in [3.8, 4) is 0 Å². The fraction of sp³-hybridized carbons (Fsp3) is 0.833. The molecule has 2 saturated carbocycles. The lowest BCUT2D eigenvalue weighted by molar-refractivity contribution is 0.253. The third-order valence-corrected chi connectivity index (χ3v) is 6.49. The van der Waals surface area contributed by atoms with Gasteiger partial charge in [-0.1, -0.05) is 83.1 Å². The van der Waals surface area contributed by atoms with Crippen molar-refractivity contribution < 1.29 is 0 Å². The summed E-state index contributed by atoms with van der Waals surface area (Å²) >= 11 is 0. The molecule has 0 atom stereocenters. The average molecular weight is 331 g/mol. The Hall–Kier alpha value is -0.520. The minimum absolute atomic E-state index is 0.875. The van der Waals surface area contributed by atoms with Crippen LogP contribution in [0, 0.1) is 23.7 Å². The van der Waals surface area contributed by atoms with Gasteiger partial charge in [0, 0.05) is 0 Å². The van der Waals surface area contributed by atoms with Gasteiger partial charge in [0.25, 0.3) is 0 Å². The van der Waals surface area contributed by atoms with Gasteiger partial charge in [-0.15, -0.1) is 0 Å². The normalized spacial score (nSPS) is 31.9. The number of hydrogen-bond donors (Lipinski definition) is 0. The van der Waals surface area contributed by atoms with Gasteiger partial charge in [-0.3, -0.25) is 0 Å². The minimum atomic E-state index is 0.875. The van der Waals surface area contributed by atoms with Crippen LogP contribution in [0.25, 0.3) is 0 Å². The molecule has 0 aromatic heterocycles. The Morgan fingerprint density at radius 2 is 1.08 bits per heavy atom. The van der Waals surface area contributed by atoms with Crippen LogP contribution in [-0.4, -0.2) is 0 Å². The molecule has 0 bridgehead atoms. The summed E-state index contributed by atoms with van der Waals surface area (Å²) in [5.41, 5.74) is 0. The molecule has 2 aliphatic carbocycles. The van der Waals surface area contributed by atoms with Crippen LogP contribution in [-0.2, 0) is 0 Å². The van der Waals surface area contributed by atoms with Gasteiger partial charge in [0.05, 0.1) is 0 Å². The first-order valence-electron chi connectivity index (χ1n) is 11.1. The third kappa shape index (κ3) is 7.58. The Morgan fingerprint density at radius 3 is 1.58 bits per heavy atom. The molecule has 0 aliphatic heterocycles. The second-order valence-electron chi connectivity index (χ2n) is 8.57. The molecule has 2 rings (SSSR count). The molecule has 0 aromatic carbocycles. The van der Waals surface area contributed by atoms with E-state index in [4.69, 9.17) is 0 Å². The SMILES string of the molecule is CCCC=CC1CCC(C=CCCC2CCC(CCC)CC2)CC1. The zero-order valence-corrected chi connectivity index (χ0v) is 16.5. The molecule has 0 saturated heterocycles. The average Bonchev–Trinajstić information content (AvgIpc) is 2.62. The number of unbranched alkanes of at least 4 members (excludes halogenated alkanes) is 1. The van der Waals surface area contributed by atoms with Gasteiger partial charge in [-0.2, -0.15) is 0 Å². The lowest BCUT2D eigenvalue weighted by Crippen LogP contribution is -2.14. The van der Waals surface area contributed by atoms with E-state index in [2.05, 4.69) is 38.2 Å². The summed E-state index contributed by atoms with van der Waals surface area (Å²) in [7, 11) is 0. The highest BCUT2D eigenvalue weighted by molar-refractivity contribution is 4.96. The van der Waals surface area contributed by atoms with E-state index >= 15 is 0 Å². The van der Waals surface area contributed by atoms with Crippen molar-refractivity contribution in [2.24, 2.45) is 23.7 Å². The maximum Gasteiger partial charge on any atom is -0.0233 e. The molecular weight excluding hydrogens is 288 g/mol. The zero-order chi connectivity index (χ0) is 17.0. The van der Waals surface area contributed by atoms with Gasteiger partial charge < -0.3 is 0 Å².